The highest BCUT2D eigenvalue weighted by atomic mass is 35.5. The van der Waals surface area contributed by atoms with Crippen molar-refractivity contribution in [3.63, 3.8) is 0 Å². The zero-order valence-electron chi connectivity index (χ0n) is 40.9. The molecule has 0 aromatic heterocycles. The van der Waals surface area contributed by atoms with Crippen molar-refractivity contribution in [2.24, 2.45) is 0 Å². The molecule has 0 spiro atoms. The molecule has 4 aliphatic heterocycles. The normalized spacial score (nSPS) is 17.5. The van der Waals surface area contributed by atoms with Gasteiger partial charge in [0.2, 0.25) is 40.1 Å². The van der Waals surface area contributed by atoms with Crippen LogP contribution in [0.1, 0.15) is 27.0 Å². The predicted octanol–water partition coefficient (Wildman–Crippen LogP) is 7.70. The number of sulfonamides is 4. The molecule has 8 rings (SSSR count). The fraction of sp³-hybridized carbons (Fsp3) is 0.444. The maximum Gasteiger partial charge on any atom is 0.337 e. The third-order valence-electron chi connectivity index (χ3n) is 11.5. The average Bonchev–Trinajstić information content (AvgIpc) is 3.40. The summed E-state index contributed by atoms with van der Waals surface area (Å²) >= 11 is 47.7. The number of ether oxygens (including phenoxy) is 5. The van der Waals surface area contributed by atoms with E-state index in [1.54, 1.807) is 13.0 Å². The largest absolute Gasteiger partial charge is 0.478 e. The summed E-state index contributed by atoms with van der Waals surface area (Å²) in [5.74, 6) is -1.27. The number of aliphatic hydroxyl groups is 1. The molecule has 2 N–H and O–H groups in total. The molecule has 4 saturated heterocycles. The fourth-order valence-corrected chi connectivity index (χ4v) is 16.3. The predicted molar refractivity (Wildman–Crippen MR) is 292 cm³/mol. The van der Waals surface area contributed by atoms with Crippen LogP contribution in [-0.2, 0) is 77.0 Å². The number of hydrogen-bond donors (Lipinski definition) is 2. The summed E-state index contributed by atoms with van der Waals surface area (Å²) < 4.78 is 130. The number of morpholine rings is 4. The molecule has 0 bridgehead atoms. The molecule has 0 saturated carbocycles. The monoisotopic (exact) mass is 1310 g/mol. The van der Waals surface area contributed by atoms with E-state index in [4.69, 9.17) is 127 Å². The van der Waals surface area contributed by atoms with Gasteiger partial charge >= 0.3 is 5.97 Å². The van der Waals surface area contributed by atoms with Crippen molar-refractivity contribution in [2.75, 3.05) is 112 Å². The van der Waals surface area contributed by atoms with E-state index in [0.29, 0.717) is 100 Å². The first-order chi connectivity index (χ1) is 36.2. The van der Waals surface area contributed by atoms with Gasteiger partial charge in [0.1, 0.15) is 19.6 Å². The number of aryl methyl sites for hydroxylation is 1. The summed E-state index contributed by atoms with van der Waals surface area (Å²) in [5.41, 5.74) is 1.56. The van der Waals surface area contributed by atoms with Crippen molar-refractivity contribution < 1.29 is 72.4 Å². The van der Waals surface area contributed by atoms with Crippen molar-refractivity contribution in [1.82, 2.24) is 17.2 Å². The molecule has 0 atom stereocenters. The number of methoxy groups -OCH3 is 1. The zero-order valence-corrected chi connectivity index (χ0v) is 50.2. The van der Waals surface area contributed by atoms with Crippen LogP contribution in [0.15, 0.2) is 68.1 Å². The van der Waals surface area contributed by atoms with Gasteiger partial charge in [0.25, 0.3) is 0 Å². The van der Waals surface area contributed by atoms with Crippen LogP contribution in [0, 0.1) is 6.92 Å². The van der Waals surface area contributed by atoms with Crippen LogP contribution in [0.5, 0.6) is 0 Å². The Morgan fingerprint density at radius 2 is 0.740 bits per heavy atom. The van der Waals surface area contributed by atoms with E-state index in [2.05, 4.69) is 0 Å². The van der Waals surface area contributed by atoms with E-state index in [1.165, 1.54) is 54.7 Å². The van der Waals surface area contributed by atoms with Crippen molar-refractivity contribution in [3.8, 4) is 0 Å². The number of carboxylic acids is 1. The molecule has 4 fully saturated rings. The smallest absolute Gasteiger partial charge is 0.337 e. The van der Waals surface area contributed by atoms with Gasteiger partial charge in [-0.25, -0.2) is 38.5 Å². The van der Waals surface area contributed by atoms with Gasteiger partial charge in [-0.1, -0.05) is 92.8 Å². The number of hydrogen-bond acceptors (Lipinski definition) is 15. The molecule has 0 amide bonds. The van der Waals surface area contributed by atoms with Crippen molar-refractivity contribution in [2.45, 2.75) is 39.7 Å². The second-order valence-electron chi connectivity index (χ2n) is 16.5. The number of carboxylic acid groups (broad SMARTS) is 1. The lowest BCUT2D eigenvalue weighted by atomic mass is 10.2. The molecule has 0 aliphatic carbocycles. The standard InChI is InChI=1S/C12H15Cl2NO4S.C11H11Cl2NO5S.C11H13Cl2NO4S.C11H13Cl2NO3S/c1-18-8-9-6-11(14)12(7-10(9)13)20(16,17)15-2-4-19-5-3-15;12-8-6-10(9(13)5-7(8)11(15)16)20(17,18)14-1-3-19-4-2-14;12-9-6-11(10(13)5-8(9)7-15)19(16,17)14-1-3-18-4-2-14;1-8-6-10(13)11(7-9(8)12)18(15,16)14-2-4-17-5-3-14/h6-7H,2-5,8H2,1H3;5-6H,1-4H2,(H,15,16);5-6,15H,1-4,7H2;6-7H,2-5H2,1H3. The number of carbonyl (C=O) groups is 1. The SMILES string of the molecule is COCc1cc(Cl)c(S(=O)(=O)N2CCOCC2)cc1Cl.Cc1cc(Cl)c(S(=O)(=O)N2CCOCC2)cc1Cl.O=C(O)c1cc(Cl)c(S(=O)(=O)N2CCOCC2)cc1Cl.O=S(=O)(c1cc(Cl)c(CO)cc1Cl)N1CCOCC1. The van der Waals surface area contributed by atoms with Gasteiger partial charge in [0, 0.05) is 74.5 Å². The highest BCUT2D eigenvalue weighted by molar-refractivity contribution is 7.90. The molecule has 77 heavy (non-hydrogen) atoms. The van der Waals surface area contributed by atoms with Crippen LogP contribution in [0.4, 0.5) is 0 Å². The Balaban J connectivity index is 0.000000189. The Bertz CT molecular complexity index is 3200. The maximum absolute atomic E-state index is 12.5. The van der Waals surface area contributed by atoms with E-state index in [0.717, 1.165) is 17.7 Å². The lowest BCUT2D eigenvalue weighted by molar-refractivity contribution is 0.0696. The number of benzene rings is 4. The molecule has 0 unspecified atom stereocenters. The first-order valence-electron chi connectivity index (χ1n) is 22.7. The van der Waals surface area contributed by atoms with E-state index in [1.807, 2.05) is 0 Å². The first kappa shape index (κ1) is 65.9. The van der Waals surface area contributed by atoms with Gasteiger partial charge in [0.05, 0.1) is 96.7 Å². The Labute approximate surface area is 487 Å². The van der Waals surface area contributed by atoms with Gasteiger partial charge in [-0.2, -0.15) is 17.2 Å². The summed E-state index contributed by atoms with van der Waals surface area (Å²) in [6, 6.07) is 10.6. The molecule has 428 valence electrons. The van der Waals surface area contributed by atoms with Crippen LogP contribution in [0.3, 0.4) is 0 Å². The topological polar surface area (TPSA) is 253 Å². The molecule has 0 radical (unpaired) electrons. The highest BCUT2D eigenvalue weighted by Crippen LogP contribution is 2.35. The van der Waals surface area contributed by atoms with Crippen LogP contribution in [-0.4, -0.2) is 179 Å². The lowest BCUT2D eigenvalue weighted by Crippen LogP contribution is -2.40. The number of aromatic carboxylic acids is 1. The molecule has 20 nitrogen and oxygen atoms in total. The molecular weight excluding hydrogens is 1260 g/mol. The summed E-state index contributed by atoms with van der Waals surface area (Å²) in [6.45, 7) is 6.97. The summed E-state index contributed by atoms with van der Waals surface area (Å²) in [4.78, 5) is 10.8. The van der Waals surface area contributed by atoms with Crippen LogP contribution >= 0.6 is 92.8 Å². The Morgan fingerprint density at radius 3 is 1.06 bits per heavy atom. The van der Waals surface area contributed by atoms with Gasteiger partial charge in [0.15, 0.2) is 0 Å². The maximum atomic E-state index is 12.5. The lowest BCUT2D eigenvalue weighted by Gasteiger charge is -2.26. The van der Waals surface area contributed by atoms with E-state index < -0.39 is 46.1 Å². The summed E-state index contributed by atoms with van der Waals surface area (Å²) in [7, 11) is -13.2. The number of halogens is 8. The fourth-order valence-electron chi connectivity index (χ4n) is 7.34. The summed E-state index contributed by atoms with van der Waals surface area (Å²) in [5, 5.41) is 18.9. The number of aliphatic hydroxyl groups excluding tert-OH is 1. The third-order valence-corrected chi connectivity index (χ3v) is 22.4. The van der Waals surface area contributed by atoms with Crippen molar-refractivity contribution >= 4 is 139 Å². The minimum atomic E-state index is -3.81. The molecular formula is C45H52Cl8N4O16S4. The van der Waals surface area contributed by atoms with Gasteiger partial charge in [-0.3, -0.25) is 0 Å². The van der Waals surface area contributed by atoms with Crippen molar-refractivity contribution in [3.05, 3.63) is 111 Å². The van der Waals surface area contributed by atoms with Gasteiger partial charge in [-0.05, 0) is 72.1 Å². The Morgan fingerprint density at radius 1 is 0.455 bits per heavy atom. The molecule has 4 aliphatic rings. The zero-order chi connectivity index (χ0) is 57.0. The number of nitrogens with zero attached hydrogens (tertiary/aromatic N) is 4. The van der Waals surface area contributed by atoms with Crippen LogP contribution < -0.4 is 0 Å². The second-order valence-corrected chi connectivity index (χ2v) is 27.4. The highest BCUT2D eigenvalue weighted by Gasteiger charge is 2.33. The minimum Gasteiger partial charge on any atom is -0.478 e. The van der Waals surface area contributed by atoms with E-state index >= 15 is 0 Å². The Kier molecular flexibility index (Phi) is 25.1. The van der Waals surface area contributed by atoms with Crippen molar-refractivity contribution in [1.29, 1.82) is 0 Å². The molecule has 4 heterocycles. The Hall–Kier alpha value is -1.93. The molecule has 32 heteroatoms. The summed E-state index contributed by atoms with van der Waals surface area (Å²) in [6.07, 6.45) is 0. The molecule has 4 aromatic carbocycles. The first-order valence-corrected chi connectivity index (χ1v) is 31.5. The van der Waals surface area contributed by atoms with Crippen LogP contribution in [0.2, 0.25) is 40.2 Å². The van der Waals surface area contributed by atoms with E-state index in [9.17, 15) is 38.5 Å². The van der Waals surface area contributed by atoms with Gasteiger partial charge < -0.3 is 33.9 Å². The number of rotatable bonds is 12. The average molecular weight is 1320 g/mol. The second kappa shape index (κ2) is 29.4. The minimum absolute atomic E-state index is 0.0194. The van der Waals surface area contributed by atoms with E-state index in [-0.39, 0.29) is 94.7 Å². The van der Waals surface area contributed by atoms with Gasteiger partial charge in [-0.15, -0.1) is 0 Å². The molecule has 4 aromatic rings. The van der Waals surface area contributed by atoms with Crippen LogP contribution in [0.25, 0.3) is 0 Å². The quantitative estimate of drug-likeness (QED) is 0.138. The third kappa shape index (κ3) is 16.9.